The molecule has 0 N–H and O–H groups in total. The molecule has 2 aromatic rings. The molecule has 0 bridgehead atoms. The molecule has 0 radical (unpaired) electrons. The van der Waals surface area contributed by atoms with E-state index in [1.54, 1.807) is 37.4 Å². The standard InChI is InChI=1S/C18H20BrClN2O3S/c1-13-10-16(8-9-17(13)19)22(26(3,24)25)12-18(23)21(2)11-14-4-6-15(20)7-5-14/h4-10H,11-12H2,1-3H3. The maximum Gasteiger partial charge on any atom is 0.243 e. The van der Waals surface area contributed by atoms with E-state index in [0.717, 1.165) is 26.2 Å². The predicted octanol–water partition coefficient (Wildman–Crippen LogP) is 3.84. The summed E-state index contributed by atoms with van der Waals surface area (Å²) in [4.78, 5) is 14.1. The quantitative estimate of drug-likeness (QED) is 0.659. The van der Waals surface area contributed by atoms with Crippen LogP contribution < -0.4 is 4.31 Å². The molecule has 2 rings (SSSR count). The summed E-state index contributed by atoms with van der Waals surface area (Å²) in [5.41, 5.74) is 2.26. The van der Waals surface area contributed by atoms with Gasteiger partial charge < -0.3 is 4.90 Å². The molecule has 0 atom stereocenters. The van der Waals surface area contributed by atoms with Crippen molar-refractivity contribution in [2.24, 2.45) is 0 Å². The van der Waals surface area contributed by atoms with Crippen molar-refractivity contribution < 1.29 is 13.2 Å². The minimum atomic E-state index is -3.60. The van der Waals surface area contributed by atoms with Gasteiger partial charge in [0, 0.05) is 23.1 Å². The second-order valence-corrected chi connectivity index (χ2v) is 9.28. The summed E-state index contributed by atoms with van der Waals surface area (Å²) in [6.07, 6.45) is 1.09. The van der Waals surface area contributed by atoms with Gasteiger partial charge >= 0.3 is 0 Å². The monoisotopic (exact) mass is 458 g/mol. The number of hydrogen-bond acceptors (Lipinski definition) is 3. The van der Waals surface area contributed by atoms with Crippen LogP contribution in [0, 0.1) is 6.92 Å². The van der Waals surface area contributed by atoms with Crippen molar-refractivity contribution in [3.63, 3.8) is 0 Å². The Hall–Kier alpha value is -1.57. The zero-order valence-electron chi connectivity index (χ0n) is 14.7. The minimum Gasteiger partial charge on any atom is -0.340 e. The highest BCUT2D eigenvalue weighted by atomic mass is 79.9. The summed E-state index contributed by atoms with van der Waals surface area (Å²) in [6.45, 7) is 1.97. The Kier molecular flexibility index (Phi) is 6.71. The Morgan fingerprint density at radius 1 is 1.15 bits per heavy atom. The van der Waals surface area contributed by atoms with Gasteiger partial charge in [-0.2, -0.15) is 0 Å². The molecular weight excluding hydrogens is 440 g/mol. The number of sulfonamides is 1. The Labute approximate surface area is 167 Å². The average molecular weight is 460 g/mol. The van der Waals surface area contributed by atoms with Crippen molar-refractivity contribution in [1.82, 2.24) is 4.90 Å². The molecule has 8 heteroatoms. The lowest BCUT2D eigenvalue weighted by Gasteiger charge is -2.25. The third-order valence-electron chi connectivity index (χ3n) is 3.87. The molecule has 0 fully saturated rings. The highest BCUT2D eigenvalue weighted by Gasteiger charge is 2.23. The molecular formula is C18H20BrClN2O3S. The molecule has 0 aliphatic heterocycles. The van der Waals surface area contributed by atoms with Crippen LogP contribution in [-0.2, 0) is 21.4 Å². The highest BCUT2D eigenvalue weighted by Crippen LogP contribution is 2.24. The van der Waals surface area contributed by atoms with Crippen molar-refractivity contribution >= 4 is 49.1 Å². The first kappa shape index (κ1) is 20.7. The van der Waals surface area contributed by atoms with Gasteiger partial charge in [0.05, 0.1) is 11.9 Å². The molecule has 0 aromatic heterocycles. The first-order valence-corrected chi connectivity index (χ1v) is 10.8. The number of anilines is 1. The van der Waals surface area contributed by atoms with Crippen LogP contribution in [0.3, 0.4) is 0 Å². The minimum absolute atomic E-state index is 0.260. The fraction of sp³-hybridized carbons (Fsp3) is 0.278. The summed E-state index contributed by atoms with van der Waals surface area (Å²) in [6, 6.07) is 12.3. The van der Waals surface area contributed by atoms with Crippen LogP contribution in [0.2, 0.25) is 5.02 Å². The van der Waals surface area contributed by atoms with Crippen LogP contribution in [-0.4, -0.2) is 39.1 Å². The van der Waals surface area contributed by atoms with Crippen molar-refractivity contribution in [1.29, 1.82) is 0 Å². The number of likely N-dealkylation sites (N-methyl/N-ethyl adjacent to an activating group) is 1. The van der Waals surface area contributed by atoms with Gasteiger partial charge in [-0.15, -0.1) is 0 Å². The third-order valence-corrected chi connectivity index (χ3v) is 6.15. The molecule has 0 unspecified atom stereocenters. The van der Waals surface area contributed by atoms with E-state index >= 15 is 0 Å². The normalized spacial score (nSPS) is 11.3. The van der Waals surface area contributed by atoms with E-state index in [1.165, 1.54) is 4.90 Å². The van der Waals surface area contributed by atoms with Gasteiger partial charge in [0.1, 0.15) is 6.54 Å². The molecule has 0 aliphatic rings. The number of halogens is 2. The molecule has 0 spiro atoms. The number of carbonyl (C=O) groups is 1. The fourth-order valence-corrected chi connectivity index (χ4v) is 3.59. The van der Waals surface area contributed by atoms with Crippen LogP contribution in [0.15, 0.2) is 46.9 Å². The Balaban J connectivity index is 2.18. The summed E-state index contributed by atoms with van der Waals surface area (Å²) in [5.74, 6) is -0.300. The summed E-state index contributed by atoms with van der Waals surface area (Å²) in [7, 11) is -1.96. The molecule has 0 saturated heterocycles. The highest BCUT2D eigenvalue weighted by molar-refractivity contribution is 9.10. The fourth-order valence-electron chi connectivity index (χ4n) is 2.38. The number of aryl methyl sites for hydroxylation is 1. The SMILES string of the molecule is Cc1cc(N(CC(=O)N(C)Cc2ccc(Cl)cc2)S(C)(=O)=O)ccc1Br. The smallest absolute Gasteiger partial charge is 0.243 e. The zero-order valence-corrected chi connectivity index (χ0v) is 17.9. The summed E-state index contributed by atoms with van der Waals surface area (Å²) < 4.78 is 26.4. The molecule has 5 nitrogen and oxygen atoms in total. The number of carbonyl (C=O) groups excluding carboxylic acids is 1. The van der Waals surface area contributed by atoms with Crippen molar-refractivity contribution in [3.8, 4) is 0 Å². The van der Waals surface area contributed by atoms with Gasteiger partial charge in [0.15, 0.2) is 0 Å². The number of benzene rings is 2. The largest absolute Gasteiger partial charge is 0.340 e. The van der Waals surface area contributed by atoms with E-state index in [4.69, 9.17) is 11.6 Å². The van der Waals surface area contributed by atoms with Crippen molar-refractivity contribution in [3.05, 3.63) is 63.1 Å². The molecule has 2 aromatic carbocycles. The molecule has 1 amide bonds. The maximum absolute atomic E-state index is 12.6. The maximum atomic E-state index is 12.6. The van der Waals surface area contributed by atoms with Crippen LogP contribution >= 0.6 is 27.5 Å². The predicted molar refractivity (Wildman–Crippen MR) is 109 cm³/mol. The second-order valence-electron chi connectivity index (χ2n) is 6.08. The van der Waals surface area contributed by atoms with Gasteiger partial charge in [-0.3, -0.25) is 9.10 Å². The Morgan fingerprint density at radius 3 is 2.31 bits per heavy atom. The number of nitrogens with zero attached hydrogens (tertiary/aromatic N) is 2. The molecule has 0 saturated carbocycles. The Morgan fingerprint density at radius 2 is 1.77 bits per heavy atom. The second kappa shape index (κ2) is 8.41. The van der Waals surface area contributed by atoms with Gasteiger partial charge in [0.2, 0.25) is 15.9 Å². The van der Waals surface area contributed by atoms with Gasteiger partial charge in [-0.05, 0) is 48.4 Å². The molecule has 0 heterocycles. The molecule has 140 valence electrons. The number of amides is 1. The van der Waals surface area contributed by atoms with E-state index in [1.807, 2.05) is 19.1 Å². The lowest BCUT2D eigenvalue weighted by atomic mass is 10.2. The van der Waals surface area contributed by atoms with Crippen LogP contribution in [0.4, 0.5) is 5.69 Å². The van der Waals surface area contributed by atoms with Gasteiger partial charge in [-0.1, -0.05) is 39.7 Å². The summed E-state index contributed by atoms with van der Waals surface area (Å²) in [5, 5.41) is 0.622. The van der Waals surface area contributed by atoms with E-state index < -0.39 is 10.0 Å². The van der Waals surface area contributed by atoms with Crippen LogP contribution in [0.25, 0.3) is 0 Å². The number of hydrogen-bond donors (Lipinski definition) is 0. The molecule has 0 aliphatic carbocycles. The average Bonchev–Trinajstić information content (AvgIpc) is 2.56. The van der Waals surface area contributed by atoms with Crippen LogP contribution in [0.5, 0.6) is 0 Å². The van der Waals surface area contributed by atoms with E-state index in [2.05, 4.69) is 15.9 Å². The van der Waals surface area contributed by atoms with Gasteiger partial charge in [0.25, 0.3) is 0 Å². The van der Waals surface area contributed by atoms with Gasteiger partial charge in [-0.25, -0.2) is 8.42 Å². The van der Waals surface area contributed by atoms with Crippen LogP contribution in [0.1, 0.15) is 11.1 Å². The lowest BCUT2D eigenvalue weighted by Crippen LogP contribution is -2.41. The number of rotatable bonds is 6. The Bertz CT molecular complexity index is 901. The topological polar surface area (TPSA) is 57.7 Å². The van der Waals surface area contributed by atoms with Crippen molar-refractivity contribution in [2.45, 2.75) is 13.5 Å². The first-order chi connectivity index (χ1) is 12.1. The zero-order chi connectivity index (χ0) is 19.5. The van der Waals surface area contributed by atoms with E-state index in [9.17, 15) is 13.2 Å². The molecule has 26 heavy (non-hydrogen) atoms. The lowest BCUT2D eigenvalue weighted by molar-refractivity contribution is -0.128. The third kappa shape index (κ3) is 5.46. The first-order valence-electron chi connectivity index (χ1n) is 7.80. The summed E-state index contributed by atoms with van der Waals surface area (Å²) >= 11 is 9.26. The van der Waals surface area contributed by atoms with Crippen molar-refractivity contribution in [2.75, 3.05) is 24.2 Å². The van der Waals surface area contributed by atoms with E-state index in [0.29, 0.717) is 17.3 Å². The van der Waals surface area contributed by atoms with E-state index in [-0.39, 0.29) is 12.5 Å².